The summed E-state index contributed by atoms with van der Waals surface area (Å²) in [5, 5.41) is 0. The van der Waals surface area contributed by atoms with Crippen molar-refractivity contribution in [3.8, 4) is 12.3 Å². The Hall–Kier alpha value is -1.14. The zero-order chi connectivity index (χ0) is 9.03. The first kappa shape index (κ1) is 8.95. The van der Waals surface area contributed by atoms with E-state index >= 15 is 0 Å². The average molecular weight is 164 g/mol. The number of hydrogen-bond donors (Lipinski definition) is 0. The van der Waals surface area contributed by atoms with E-state index in [2.05, 4.69) is 30.0 Å². The van der Waals surface area contributed by atoms with Crippen molar-refractivity contribution < 1.29 is 4.48 Å². The normalized spacial score (nSPS) is 15.9. The van der Waals surface area contributed by atoms with Gasteiger partial charge in [0.25, 0.3) is 0 Å². The number of aliphatic imine (C=N–C) groups is 2. The summed E-state index contributed by atoms with van der Waals surface area (Å²) >= 11 is 0. The van der Waals surface area contributed by atoms with E-state index in [1.54, 1.807) is 6.34 Å². The molecule has 0 unspecified atom stereocenters. The molecule has 64 valence electrons. The van der Waals surface area contributed by atoms with Crippen LogP contribution >= 0.6 is 0 Å². The Morgan fingerprint density at radius 1 is 1.67 bits per heavy atom. The van der Waals surface area contributed by atoms with Crippen molar-refractivity contribution in [2.24, 2.45) is 9.98 Å². The Bertz CT molecular complexity index is 255. The first-order valence-corrected chi connectivity index (χ1v) is 3.93. The monoisotopic (exact) mass is 164 g/mol. The molecule has 0 aliphatic carbocycles. The van der Waals surface area contributed by atoms with Gasteiger partial charge in [-0.25, -0.2) is 4.99 Å². The molecule has 0 aromatic heterocycles. The molecule has 12 heavy (non-hydrogen) atoms. The van der Waals surface area contributed by atoms with Crippen LogP contribution in [0.3, 0.4) is 0 Å². The summed E-state index contributed by atoms with van der Waals surface area (Å²) in [4.78, 5) is 8.16. The van der Waals surface area contributed by atoms with Gasteiger partial charge in [0.2, 0.25) is 0 Å². The lowest BCUT2D eigenvalue weighted by molar-refractivity contribution is -0.874. The smallest absolute Gasteiger partial charge is 0.140 e. The molecule has 0 radical (unpaired) electrons. The van der Waals surface area contributed by atoms with E-state index < -0.39 is 0 Å². The number of hydrogen-bond acceptors (Lipinski definition) is 2. The van der Waals surface area contributed by atoms with Crippen LogP contribution in [0.25, 0.3) is 0 Å². The lowest BCUT2D eigenvalue weighted by atomic mass is 10.3. The van der Waals surface area contributed by atoms with Gasteiger partial charge in [0.15, 0.2) is 0 Å². The number of quaternary nitrogens is 1. The number of terminal acetylenes is 1. The third-order valence-electron chi connectivity index (χ3n) is 1.73. The van der Waals surface area contributed by atoms with Crippen molar-refractivity contribution in [2.45, 2.75) is 0 Å². The number of rotatable bonds is 3. The third-order valence-corrected chi connectivity index (χ3v) is 1.73. The minimum absolute atomic E-state index is 0.735. The van der Waals surface area contributed by atoms with Crippen LogP contribution in [-0.2, 0) is 0 Å². The quantitative estimate of drug-likeness (QED) is 0.420. The summed E-state index contributed by atoms with van der Waals surface area (Å²) < 4.78 is 0.790. The fourth-order valence-corrected chi connectivity index (χ4v) is 1.20. The molecule has 0 spiro atoms. The van der Waals surface area contributed by atoms with Gasteiger partial charge in [0.05, 0.1) is 26.4 Å². The summed E-state index contributed by atoms with van der Waals surface area (Å²) in [6.45, 7) is 2.37. The highest BCUT2D eigenvalue weighted by Gasteiger charge is 2.17. The van der Waals surface area contributed by atoms with Gasteiger partial charge in [-0.05, 0) is 5.92 Å². The van der Waals surface area contributed by atoms with Gasteiger partial charge in [0.1, 0.15) is 19.4 Å². The summed E-state index contributed by atoms with van der Waals surface area (Å²) in [5.74, 6) is 2.66. The van der Waals surface area contributed by atoms with E-state index in [0.29, 0.717) is 0 Å². The van der Waals surface area contributed by atoms with E-state index in [4.69, 9.17) is 6.42 Å². The van der Waals surface area contributed by atoms with Crippen molar-refractivity contribution in [1.82, 2.24) is 0 Å². The molecule has 1 rings (SSSR count). The van der Waals surface area contributed by atoms with Crippen molar-refractivity contribution in [1.29, 1.82) is 0 Å². The minimum atomic E-state index is 0.735. The maximum atomic E-state index is 5.25. The predicted molar refractivity (Wildman–Crippen MR) is 51.5 cm³/mol. The van der Waals surface area contributed by atoms with Gasteiger partial charge >= 0.3 is 0 Å². The van der Waals surface area contributed by atoms with Gasteiger partial charge in [-0.3, -0.25) is 4.99 Å². The second-order valence-electron chi connectivity index (χ2n) is 3.61. The molecule has 0 aromatic rings. The van der Waals surface area contributed by atoms with Crippen LogP contribution in [0.1, 0.15) is 0 Å². The van der Waals surface area contributed by atoms with Crippen molar-refractivity contribution in [2.75, 3.05) is 33.7 Å². The van der Waals surface area contributed by atoms with Gasteiger partial charge in [-0.15, -0.1) is 6.42 Å². The maximum absolute atomic E-state index is 5.25. The second kappa shape index (κ2) is 3.51. The molecule has 0 fully saturated rings. The summed E-state index contributed by atoms with van der Waals surface area (Å²) in [7, 11) is 4.20. The number of nitrogens with zero attached hydrogens (tertiary/aromatic N) is 3. The van der Waals surface area contributed by atoms with Crippen molar-refractivity contribution in [3.63, 3.8) is 0 Å². The van der Waals surface area contributed by atoms with Gasteiger partial charge < -0.3 is 4.48 Å². The van der Waals surface area contributed by atoms with E-state index in [-0.39, 0.29) is 0 Å². The Labute approximate surface area is 73.4 Å². The lowest BCUT2D eigenvalue weighted by Gasteiger charge is -2.26. The van der Waals surface area contributed by atoms with E-state index in [1.165, 1.54) is 0 Å². The molecule has 0 amide bonds. The molecule has 1 heterocycles. The molecule has 0 saturated heterocycles. The average Bonchev–Trinajstić information content (AvgIpc) is 2.38. The van der Waals surface area contributed by atoms with Crippen molar-refractivity contribution in [3.05, 3.63) is 0 Å². The van der Waals surface area contributed by atoms with E-state index in [9.17, 15) is 0 Å². The van der Waals surface area contributed by atoms with E-state index in [1.807, 2.05) is 0 Å². The predicted octanol–water partition coefficient (Wildman–Crippen LogP) is 0.179. The highest BCUT2D eigenvalue weighted by Crippen LogP contribution is 1.99. The molecule has 1 aliphatic heterocycles. The van der Waals surface area contributed by atoms with Crippen LogP contribution in [0, 0.1) is 12.3 Å². The molecule has 0 saturated carbocycles. The van der Waals surface area contributed by atoms with Crippen LogP contribution in [0.2, 0.25) is 0 Å². The SMILES string of the molecule is C#CC[N+](C)(C)CC1=NC=NC1. The first-order valence-electron chi connectivity index (χ1n) is 3.93. The second-order valence-corrected chi connectivity index (χ2v) is 3.61. The molecule has 0 N–H and O–H groups in total. The molecule has 0 atom stereocenters. The van der Waals surface area contributed by atoms with Crippen LogP contribution in [0.15, 0.2) is 9.98 Å². The zero-order valence-electron chi connectivity index (χ0n) is 7.62. The fourth-order valence-electron chi connectivity index (χ4n) is 1.20. The Kier molecular flexibility index (Phi) is 2.61. The van der Waals surface area contributed by atoms with Crippen LogP contribution in [0.4, 0.5) is 0 Å². The third kappa shape index (κ3) is 2.48. The zero-order valence-corrected chi connectivity index (χ0v) is 7.62. The van der Waals surface area contributed by atoms with Gasteiger partial charge in [-0.2, -0.15) is 0 Å². The first-order chi connectivity index (χ1) is 5.64. The molecule has 1 aliphatic rings. The Morgan fingerprint density at radius 2 is 2.42 bits per heavy atom. The molecular formula is C9H14N3+. The molecular weight excluding hydrogens is 150 g/mol. The maximum Gasteiger partial charge on any atom is 0.140 e. The van der Waals surface area contributed by atoms with Crippen molar-refractivity contribution >= 4 is 12.1 Å². The molecule has 3 heteroatoms. The molecule has 0 aromatic carbocycles. The van der Waals surface area contributed by atoms with Gasteiger partial charge in [0, 0.05) is 0 Å². The largest absolute Gasteiger partial charge is 0.314 e. The highest BCUT2D eigenvalue weighted by molar-refractivity contribution is 5.97. The van der Waals surface area contributed by atoms with Gasteiger partial charge in [-0.1, -0.05) is 0 Å². The van der Waals surface area contributed by atoms with Crippen LogP contribution in [-0.4, -0.2) is 50.3 Å². The topological polar surface area (TPSA) is 24.7 Å². The highest BCUT2D eigenvalue weighted by atomic mass is 15.3. The van der Waals surface area contributed by atoms with Crippen LogP contribution < -0.4 is 0 Å². The minimum Gasteiger partial charge on any atom is -0.314 e. The standard InChI is InChI=1S/C9H14N3/c1-4-5-12(2,3)7-9-6-10-8-11-9/h1,8H,5-7H2,2-3H3/q+1. The molecule has 0 bridgehead atoms. The fraction of sp³-hybridized carbons (Fsp3) is 0.556. The Balaban J connectivity index is 2.45. The van der Waals surface area contributed by atoms with Crippen LogP contribution in [0.5, 0.6) is 0 Å². The molecule has 3 nitrogen and oxygen atoms in total. The van der Waals surface area contributed by atoms with E-state index in [0.717, 1.165) is 29.8 Å². The lowest BCUT2D eigenvalue weighted by Crippen LogP contribution is -2.44. The summed E-state index contributed by atoms with van der Waals surface area (Å²) in [6, 6.07) is 0. The summed E-state index contributed by atoms with van der Waals surface area (Å²) in [5.41, 5.74) is 1.12. The summed E-state index contributed by atoms with van der Waals surface area (Å²) in [6.07, 6.45) is 6.87. The Morgan fingerprint density at radius 3 is 2.92 bits per heavy atom.